The Morgan fingerprint density at radius 2 is 2.18 bits per heavy atom. The summed E-state index contributed by atoms with van der Waals surface area (Å²) in [5, 5.41) is 3.88. The lowest BCUT2D eigenvalue weighted by molar-refractivity contribution is 0.0995. The van der Waals surface area contributed by atoms with Crippen molar-refractivity contribution in [3.63, 3.8) is 0 Å². The highest BCUT2D eigenvalue weighted by Gasteiger charge is 2.09. The third kappa shape index (κ3) is 2.05. The fourth-order valence-electron chi connectivity index (χ4n) is 1.42. The summed E-state index contributed by atoms with van der Waals surface area (Å²) < 4.78 is 14.2. The number of aldehydes is 1. The van der Waals surface area contributed by atoms with Gasteiger partial charge in [-0.3, -0.25) is 9.59 Å². The highest BCUT2D eigenvalue weighted by Crippen LogP contribution is 2.14. The number of nitrogens with two attached hydrogens (primary N) is 1. The Bertz CT molecular complexity index is 592. The number of amides is 1. The Balaban J connectivity index is 2.52. The molecule has 0 fully saturated rings. The minimum absolute atomic E-state index is 0.0752. The predicted octanol–water partition coefficient (Wildman–Crippen LogP) is 0.923. The fourth-order valence-corrected chi connectivity index (χ4v) is 1.42. The molecule has 86 valence electrons. The molecular formula is C11H8FN3O2. The number of halogens is 1. The van der Waals surface area contributed by atoms with Gasteiger partial charge in [0.05, 0.1) is 5.69 Å². The second-order valence-electron chi connectivity index (χ2n) is 3.33. The summed E-state index contributed by atoms with van der Waals surface area (Å²) in [6.07, 6.45) is 1.99. The van der Waals surface area contributed by atoms with Gasteiger partial charge in [0.15, 0.2) is 6.29 Å². The van der Waals surface area contributed by atoms with Crippen molar-refractivity contribution in [3.8, 4) is 5.69 Å². The molecule has 2 N–H and O–H groups in total. The summed E-state index contributed by atoms with van der Waals surface area (Å²) in [6, 6.07) is 5.11. The SMILES string of the molecule is NC(=O)c1ccn(-c2ccc(F)cc2C=O)n1. The lowest BCUT2D eigenvalue weighted by atomic mass is 10.2. The summed E-state index contributed by atoms with van der Waals surface area (Å²) in [5.41, 5.74) is 5.66. The standard InChI is InChI=1S/C11H8FN3O2/c12-8-1-2-10(7(5-8)6-16)15-4-3-9(14-15)11(13)17/h1-6H,(H2,13,17). The lowest BCUT2D eigenvalue weighted by Crippen LogP contribution is -2.12. The van der Waals surface area contributed by atoms with Crippen LogP contribution in [-0.2, 0) is 0 Å². The van der Waals surface area contributed by atoms with E-state index in [1.807, 2.05) is 0 Å². The molecule has 2 rings (SSSR count). The van der Waals surface area contributed by atoms with Gasteiger partial charge in [0, 0.05) is 11.8 Å². The van der Waals surface area contributed by atoms with Crippen molar-refractivity contribution < 1.29 is 14.0 Å². The zero-order valence-corrected chi connectivity index (χ0v) is 8.63. The average molecular weight is 233 g/mol. The predicted molar refractivity (Wildman–Crippen MR) is 57.4 cm³/mol. The highest BCUT2D eigenvalue weighted by atomic mass is 19.1. The third-order valence-electron chi connectivity index (χ3n) is 2.20. The van der Waals surface area contributed by atoms with E-state index < -0.39 is 11.7 Å². The van der Waals surface area contributed by atoms with E-state index in [9.17, 15) is 14.0 Å². The first-order valence-electron chi connectivity index (χ1n) is 4.72. The molecule has 5 nitrogen and oxygen atoms in total. The van der Waals surface area contributed by atoms with E-state index in [1.54, 1.807) is 0 Å². The fraction of sp³-hybridized carbons (Fsp3) is 0. The molecule has 2 aromatic rings. The van der Waals surface area contributed by atoms with E-state index in [1.165, 1.54) is 29.1 Å². The van der Waals surface area contributed by atoms with Crippen LogP contribution in [0.2, 0.25) is 0 Å². The maximum atomic E-state index is 12.9. The van der Waals surface area contributed by atoms with Crippen molar-refractivity contribution in [2.75, 3.05) is 0 Å². The molecule has 0 saturated carbocycles. The molecule has 0 saturated heterocycles. The zero-order valence-electron chi connectivity index (χ0n) is 8.63. The van der Waals surface area contributed by atoms with Gasteiger partial charge < -0.3 is 5.73 Å². The van der Waals surface area contributed by atoms with Crippen molar-refractivity contribution in [1.82, 2.24) is 9.78 Å². The van der Waals surface area contributed by atoms with Crippen molar-refractivity contribution in [2.45, 2.75) is 0 Å². The Hall–Kier alpha value is -2.50. The first-order valence-corrected chi connectivity index (χ1v) is 4.72. The Morgan fingerprint density at radius 3 is 2.76 bits per heavy atom. The molecule has 0 aliphatic heterocycles. The summed E-state index contributed by atoms with van der Waals surface area (Å²) in [7, 11) is 0. The van der Waals surface area contributed by atoms with Crippen LogP contribution in [0.3, 0.4) is 0 Å². The Kier molecular flexibility index (Phi) is 2.70. The van der Waals surface area contributed by atoms with Gasteiger partial charge in [-0.15, -0.1) is 0 Å². The van der Waals surface area contributed by atoms with Gasteiger partial charge in [-0.1, -0.05) is 0 Å². The van der Waals surface area contributed by atoms with Crippen LogP contribution in [0.25, 0.3) is 5.69 Å². The van der Waals surface area contributed by atoms with Crippen molar-refractivity contribution in [1.29, 1.82) is 0 Å². The summed E-state index contributed by atoms with van der Waals surface area (Å²) in [6.45, 7) is 0. The molecular weight excluding hydrogens is 225 g/mol. The van der Waals surface area contributed by atoms with Crippen LogP contribution in [-0.4, -0.2) is 22.0 Å². The smallest absolute Gasteiger partial charge is 0.269 e. The largest absolute Gasteiger partial charge is 0.364 e. The number of nitrogens with zero attached hydrogens (tertiary/aromatic N) is 2. The van der Waals surface area contributed by atoms with Crippen LogP contribution in [0.4, 0.5) is 4.39 Å². The van der Waals surface area contributed by atoms with Gasteiger partial charge >= 0.3 is 0 Å². The maximum Gasteiger partial charge on any atom is 0.269 e. The van der Waals surface area contributed by atoms with Crippen LogP contribution in [0.15, 0.2) is 30.5 Å². The Labute approximate surface area is 95.7 Å². The molecule has 0 spiro atoms. The molecule has 1 amide bonds. The van der Waals surface area contributed by atoms with E-state index in [-0.39, 0.29) is 11.3 Å². The molecule has 1 aromatic carbocycles. The highest BCUT2D eigenvalue weighted by molar-refractivity contribution is 5.90. The number of carbonyl (C=O) groups excluding carboxylic acids is 2. The number of primary amides is 1. The van der Waals surface area contributed by atoms with E-state index in [0.29, 0.717) is 12.0 Å². The van der Waals surface area contributed by atoms with Gasteiger partial charge in [-0.05, 0) is 24.3 Å². The van der Waals surface area contributed by atoms with Crippen LogP contribution in [0, 0.1) is 5.82 Å². The molecule has 0 aliphatic carbocycles. The van der Waals surface area contributed by atoms with Gasteiger partial charge in [0.1, 0.15) is 11.5 Å². The normalized spacial score (nSPS) is 10.2. The number of benzene rings is 1. The van der Waals surface area contributed by atoms with Gasteiger partial charge in [0.2, 0.25) is 0 Å². The number of rotatable bonds is 3. The van der Waals surface area contributed by atoms with E-state index in [4.69, 9.17) is 5.73 Å². The topological polar surface area (TPSA) is 78.0 Å². The summed E-state index contributed by atoms with van der Waals surface area (Å²) in [5.74, 6) is -1.18. The minimum atomic E-state index is -0.668. The molecule has 0 aliphatic rings. The van der Waals surface area contributed by atoms with Crippen LogP contribution in [0.1, 0.15) is 20.8 Å². The van der Waals surface area contributed by atoms with Crippen molar-refractivity contribution in [3.05, 3.63) is 47.5 Å². The third-order valence-corrected chi connectivity index (χ3v) is 2.20. The van der Waals surface area contributed by atoms with Gasteiger partial charge in [-0.2, -0.15) is 5.10 Å². The second-order valence-corrected chi connectivity index (χ2v) is 3.33. The molecule has 1 heterocycles. The second kappa shape index (κ2) is 4.17. The zero-order chi connectivity index (χ0) is 12.4. The molecule has 0 bridgehead atoms. The molecule has 0 unspecified atom stereocenters. The number of hydrogen-bond donors (Lipinski definition) is 1. The summed E-state index contributed by atoms with van der Waals surface area (Å²) in [4.78, 5) is 21.7. The van der Waals surface area contributed by atoms with E-state index in [0.717, 1.165) is 6.07 Å². The van der Waals surface area contributed by atoms with E-state index in [2.05, 4.69) is 5.10 Å². The molecule has 1 aromatic heterocycles. The maximum absolute atomic E-state index is 12.9. The van der Waals surface area contributed by atoms with Crippen molar-refractivity contribution in [2.24, 2.45) is 5.73 Å². The molecule has 0 radical (unpaired) electrons. The first-order chi connectivity index (χ1) is 8.11. The number of carbonyl (C=O) groups is 2. The van der Waals surface area contributed by atoms with Gasteiger partial charge in [0.25, 0.3) is 5.91 Å². The number of hydrogen-bond acceptors (Lipinski definition) is 3. The average Bonchev–Trinajstić information content (AvgIpc) is 2.78. The van der Waals surface area contributed by atoms with Crippen LogP contribution < -0.4 is 5.73 Å². The van der Waals surface area contributed by atoms with Crippen molar-refractivity contribution >= 4 is 12.2 Å². The molecule has 0 atom stereocenters. The molecule has 6 heteroatoms. The Morgan fingerprint density at radius 1 is 1.41 bits per heavy atom. The van der Waals surface area contributed by atoms with Gasteiger partial charge in [-0.25, -0.2) is 9.07 Å². The monoisotopic (exact) mass is 233 g/mol. The first kappa shape index (κ1) is 11.0. The van der Waals surface area contributed by atoms with Crippen LogP contribution >= 0.6 is 0 Å². The lowest BCUT2D eigenvalue weighted by Gasteiger charge is -2.04. The number of aromatic nitrogens is 2. The molecule has 17 heavy (non-hydrogen) atoms. The van der Waals surface area contributed by atoms with Crippen LogP contribution in [0.5, 0.6) is 0 Å². The quantitative estimate of drug-likeness (QED) is 0.801. The summed E-state index contributed by atoms with van der Waals surface area (Å²) >= 11 is 0. The van der Waals surface area contributed by atoms with E-state index >= 15 is 0 Å². The minimum Gasteiger partial charge on any atom is -0.364 e.